The lowest BCUT2D eigenvalue weighted by Gasteiger charge is -2.34. The molecule has 0 aliphatic carbocycles. The number of Topliss-reactive ketones (excluding diaryl/α,β-unsaturated/α-hetero) is 1. The van der Waals surface area contributed by atoms with E-state index in [1.54, 1.807) is 0 Å². The van der Waals surface area contributed by atoms with Gasteiger partial charge in [-0.1, -0.05) is 23.7 Å². The van der Waals surface area contributed by atoms with Crippen LogP contribution in [0.1, 0.15) is 27.6 Å². The Morgan fingerprint density at radius 1 is 0.906 bits per heavy atom. The number of ketones is 1. The molecule has 1 aliphatic heterocycles. The SMILES string of the molecule is CC(=O)c1ccc(S(=O)(=O)N2CCN(C(=O)c3ccc(Cl)c(NS(C)(=O)=O)c3)CC2)cc1. The molecule has 1 saturated heterocycles. The van der Waals surface area contributed by atoms with Gasteiger partial charge in [0.25, 0.3) is 5.91 Å². The normalized spacial score (nSPS) is 15.4. The first-order chi connectivity index (χ1) is 14.9. The molecule has 2 aromatic carbocycles. The highest BCUT2D eigenvalue weighted by molar-refractivity contribution is 7.92. The molecule has 2 aromatic rings. The molecule has 1 fully saturated rings. The molecule has 0 bridgehead atoms. The molecule has 12 heteroatoms. The van der Waals surface area contributed by atoms with E-state index in [1.165, 1.54) is 58.6 Å². The van der Waals surface area contributed by atoms with E-state index in [0.717, 1.165) is 6.26 Å². The van der Waals surface area contributed by atoms with Crippen LogP contribution in [0.5, 0.6) is 0 Å². The second-order valence-corrected chi connectivity index (χ2v) is 11.4. The molecular formula is C20H22ClN3O6S2. The van der Waals surface area contributed by atoms with E-state index in [1.807, 2.05) is 0 Å². The van der Waals surface area contributed by atoms with Crippen molar-refractivity contribution < 1.29 is 26.4 Å². The average molecular weight is 500 g/mol. The highest BCUT2D eigenvalue weighted by Gasteiger charge is 2.30. The third kappa shape index (κ3) is 5.47. The molecule has 3 rings (SSSR count). The number of nitrogens with one attached hydrogen (secondary N) is 1. The summed E-state index contributed by atoms with van der Waals surface area (Å²) in [5.41, 5.74) is 0.749. The second-order valence-electron chi connectivity index (χ2n) is 7.35. The minimum atomic E-state index is -3.76. The van der Waals surface area contributed by atoms with Gasteiger partial charge in [-0.25, -0.2) is 16.8 Å². The Morgan fingerprint density at radius 2 is 1.47 bits per heavy atom. The molecule has 0 unspecified atom stereocenters. The summed E-state index contributed by atoms with van der Waals surface area (Å²) in [4.78, 5) is 25.8. The highest BCUT2D eigenvalue weighted by Crippen LogP contribution is 2.25. The third-order valence-electron chi connectivity index (χ3n) is 4.93. The van der Waals surface area contributed by atoms with Crippen LogP contribution in [0, 0.1) is 0 Å². The van der Waals surface area contributed by atoms with Gasteiger partial charge >= 0.3 is 0 Å². The number of halogens is 1. The van der Waals surface area contributed by atoms with E-state index in [0.29, 0.717) is 5.56 Å². The maximum Gasteiger partial charge on any atom is 0.254 e. The monoisotopic (exact) mass is 499 g/mol. The fourth-order valence-electron chi connectivity index (χ4n) is 3.26. The van der Waals surface area contributed by atoms with Gasteiger partial charge < -0.3 is 4.90 Å². The maximum absolute atomic E-state index is 12.9. The number of piperazine rings is 1. The Hall–Kier alpha value is -2.47. The van der Waals surface area contributed by atoms with Crippen molar-refractivity contribution in [2.24, 2.45) is 0 Å². The fraction of sp³-hybridized carbons (Fsp3) is 0.300. The molecule has 1 amide bonds. The number of carbonyl (C=O) groups is 2. The summed E-state index contributed by atoms with van der Waals surface area (Å²) in [6.45, 7) is 1.94. The molecule has 32 heavy (non-hydrogen) atoms. The third-order valence-corrected chi connectivity index (χ3v) is 7.77. The van der Waals surface area contributed by atoms with Crippen molar-refractivity contribution in [3.8, 4) is 0 Å². The van der Waals surface area contributed by atoms with Crippen LogP contribution >= 0.6 is 11.6 Å². The predicted molar refractivity (Wildman–Crippen MR) is 121 cm³/mol. The van der Waals surface area contributed by atoms with Crippen LogP contribution in [0.4, 0.5) is 5.69 Å². The summed E-state index contributed by atoms with van der Waals surface area (Å²) >= 11 is 6.00. The van der Waals surface area contributed by atoms with E-state index >= 15 is 0 Å². The summed E-state index contributed by atoms with van der Waals surface area (Å²) in [7, 11) is -7.34. The topological polar surface area (TPSA) is 121 Å². The Kier molecular flexibility index (Phi) is 6.94. The van der Waals surface area contributed by atoms with Gasteiger partial charge in [0.15, 0.2) is 5.78 Å². The first-order valence-corrected chi connectivity index (χ1v) is 13.3. The molecule has 0 radical (unpaired) electrons. The molecule has 172 valence electrons. The Bertz CT molecular complexity index is 1250. The zero-order chi connectivity index (χ0) is 23.7. The van der Waals surface area contributed by atoms with E-state index < -0.39 is 20.0 Å². The molecule has 0 saturated carbocycles. The van der Waals surface area contributed by atoms with Crippen LogP contribution < -0.4 is 4.72 Å². The van der Waals surface area contributed by atoms with Gasteiger partial charge in [-0.3, -0.25) is 14.3 Å². The van der Waals surface area contributed by atoms with Crippen molar-refractivity contribution in [2.45, 2.75) is 11.8 Å². The van der Waals surface area contributed by atoms with Gasteiger partial charge in [0.2, 0.25) is 20.0 Å². The molecule has 1 heterocycles. The lowest BCUT2D eigenvalue weighted by molar-refractivity contribution is 0.0698. The number of anilines is 1. The number of rotatable bonds is 6. The molecule has 0 aromatic heterocycles. The summed E-state index contributed by atoms with van der Waals surface area (Å²) < 4.78 is 52.3. The average Bonchev–Trinajstić information content (AvgIpc) is 2.74. The fourth-order valence-corrected chi connectivity index (χ4v) is 5.47. The predicted octanol–water partition coefficient (Wildman–Crippen LogP) is 2.06. The van der Waals surface area contributed by atoms with Gasteiger partial charge in [-0.2, -0.15) is 4.31 Å². The first kappa shape index (κ1) is 24.2. The van der Waals surface area contributed by atoms with E-state index in [-0.39, 0.29) is 59.0 Å². The Morgan fingerprint density at radius 3 is 2.00 bits per heavy atom. The minimum absolute atomic E-state index is 0.0801. The summed E-state index contributed by atoms with van der Waals surface area (Å²) in [5.74, 6) is -0.515. The number of benzene rings is 2. The summed E-state index contributed by atoms with van der Waals surface area (Å²) in [5, 5.41) is 0.152. The standard InChI is InChI=1S/C20H22ClN3O6S2/c1-14(25)15-3-6-17(7-4-15)32(29,30)24-11-9-23(10-12-24)20(26)16-5-8-18(21)19(13-16)22-31(2,27)28/h3-8,13,22H,9-12H2,1-2H3. The minimum Gasteiger partial charge on any atom is -0.336 e. The lowest BCUT2D eigenvalue weighted by Crippen LogP contribution is -2.50. The van der Waals surface area contributed by atoms with Crippen LogP contribution in [0.2, 0.25) is 5.02 Å². The highest BCUT2D eigenvalue weighted by atomic mass is 35.5. The molecule has 1 aliphatic rings. The maximum atomic E-state index is 12.9. The van der Waals surface area contributed by atoms with Crippen LogP contribution in [0.3, 0.4) is 0 Å². The van der Waals surface area contributed by atoms with Crippen molar-refractivity contribution in [1.82, 2.24) is 9.21 Å². The van der Waals surface area contributed by atoms with Crippen molar-refractivity contribution in [3.05, 3.63) is 58.6 Å². The number of nitrogens with zero attached hydrogens (tertiary/aromatic N) is 2. The van der Waals surface area contributed by atoms with E-state index in [9.17, 15) is 26.4 Å². The molecular weight excluding hydrogens is 478 g/mol. The first-order valence-electron chi connectivity index (χ1n) is 9.56. The number of amides is 1. The van der Waals surface area contributed by atoms with Crippen LogP contribution in [-0.2, 0) is 20.0 Å². The van der Waals surface area contributed by atoms with Gasteiger partial charge in [0.05, 0.1) is 21.9 Å². The summed E-state index contributed by atoms with van der Waals surface area (Å²) in [6, 6.07) is 9.99. The van der Waals surface area contributed by atoms with Gasteiger partial charge in [-0.05, 0) is 37.3 Å². The lowest BCUT2D eigenvalue weighted by atomic mass is 10.1. The van der Waals surface area contributed by atoms with Crippen molar-refractivity contribution in [3.63, 3.8) is 0 Å². The van der Waals surface area contributed by atoms with Gasteiger partial charge in [0, 0.05) is 37.3 Å². The van der Waals surface area contributed by atoms with E-state index in [2.05, 4.69) is 4.72 Å². The zero-order valence-corrected chi connectivity index (χ0v) is 19.8. The van der Waals surface area contributed by atoms with Crippen molar-refractivity contribution >= 4 is 49.0 Å². The number of hydrogen-bond acceptors (Lipinski definition) is 6. The Labute approximate surface area is 192 Å². The van der Waals surface area contributed by atoms with Crippen LogP contribution in [-0.4, -0.2) is 70.2 Å². The number of hydrogen-bond donors (Lipinski definition) is 1. The largest absolute Gasteiger partial charge is 0.336 e. The quantitative estimate of drug-likeness (QED) is 0.607. The molecule has 1 N–H and O–H groups in total. The smallest absolute Gasteiger partial charge is 0.254 e. The Balaban J connectivity index is 1.70. The van der Waals surface area contributed by atoms with Crippen LogP contribution in [0.15, 0.2) is 47.4 Å². The second kappa shape index (κ2) is 9.18. The molecule has 0 spiro atoms. The van der Waals surface area contributed by atoms with E-state index in [4.69, 9.17) is 11.6 Å². The number of carbonyl (C=O) groups excluding carboxylic acids is 2. The van der Waals surface area contributed by atoms with Crippen molar-refractivity contribution in [1.29, 1.82) is 0 Å². The van der Waals surface area contributed by atoms with Crippen molar-refractivity contribution in [2.75, 3.05) is 37.2 Å². The molecule has 9 nitrogen and oxygen atoms in total. The zero-order valence-electron chi connectivity index (χ0n) is 17.4. The number of sulfonamides is 2. The summed E-state index contributed by atoms with van der Waals surface area (Å²) in [6.07, 6.45) is 0.977. The van der Waals surface area contributed by atoms with Gasteiger partial charge in [0.1, 0.15) is 0 Å². The van der Waals surface area contributed by atoms with Gasteiger partial charge in [-0.15, -0.1) is 0 Å². The van der Waals surface area contributed by atoms with Crippen LogP contribution in [0.25, 0.3) is 0 Å². The molecule has 0 atom stereocenters.